The summed E-state index contributed by atoms with van der Waals surface area (Å²) in [6.45, 7) is 1.72. The van der Waals surface area contributed by atoms with Crippen LogP contribution in [0.15, 0.2) is 36.5 Å². The van der Waals surface area contributed by atoms with Gasteiger partial charge in [-0.2, -0.15) is 0 Å². The van der Waals surface area contributed by atoms with Crippen LogP contribution in [0.4, 0.5) is 26.0 Å². The largest absolute Gasteiger partial charge is 0.352 e. The second-order valence-electron chi connectivity index (χ2n) is 4.08. The number of benzene rings is 1. The van der Waals surface area contributed by atoms with Gasteiger partial charge in [0, 0.05) is 24.4 Å². The Hall–Kier alpha value is -2.50. The lowest BCUT2D eigenvalue weighted by Crippen LogP contribution is -2.12. The zero-order valence-corrected chi connectivity index (χ0v) is 10.8. The van der Waals surface area contributed by atoms with Crippen LogP contribution >= 0.6 is 0 Å². The number of anilines is 3. The number of aromatic nitrogens is 1. The van der Waals surface area contributed by atoms with Crippen LogP contribution in [-0.4, -0.2) is 10.9 Å². The van der Waals surface area contributed by atoms with Crippen molar-refractivity contribution >= 4 is 23.1 Å². The van der Waals surface area contributed by atoms with E-state index in [2.05, 4.69) is 15.6 Å². The molecule has 0 radical (unpaired) electrons. The molecule has 2 rings (SSSR count). The van der Waals surface area contributed by atoms with Crippen molar-refractivity contribution < 1.29 is 13.6 Å². The van der Waals surface area contributed by atoms with Gasteiger partial charge in [-0.05, 0) is 24.3 Å². The van der Waals surface area contributed by atoms with Crippen LogP contribution in [0.5, 0.6) is 0 Å². The fourth-order valence-corrected chi connectivity index (χ4v) is 1.61. The van der Waals surface area contributed by atoms with Crippen LogP contribution in [0, 0.1) is 11.6 Å². The molecular weight excluding hydrogens is 264 g/mol. The summed E-state index contributed by atoms with van der Waals surface area (Å²) in [5.74, 6) is -1.26. The molecular formula is C14H13F2N3O. The Morgan fingerprint density at radius 2 is 1.95 bits per heavy atom. The van der Waals surface area contributed by atoms with Gasteiger partial charge in [0.15, 0.2) is 5.82 Å². The molecule has 0 bridgehead atoms. The molecule has 0 atom stereocenters. The minimum atomic E-state index is -0.685. The molecule has 0 fully saturated rings. The highest BCUT2D eigenvalue weighted by molar-refractivity contribution is 5.93. The number of hydrogen-bond acceptors (Lipinski definition) is 3. The molecule has 20 heavy (non-hydrogen) atoms. The number of pyridine rings is 1. The van der Waals surface area contributed by atoms with Crippen LogP contribution in [-0.2, 0) is 4.79 Å². The maximum absolute atomic E-state index is 13.1. The quantitative estimate of drug-likeness (QED) is 0.900. The van der Waals surface area contributed by atoms with Crippen molar-refractivity contribution in [2.24, 2.45) is 0 Å². The van der Waals surface area contributed by atoms with Gasteiger partial charge in [0.1, 0.15) is 11.6 Å². The van der Waals surface area contributed by atoms with E-state index in [4.69, 9.17) is 0 Å². The Bertz CT molecular complexity index is 611. The first-order chi connectivity index (χ1) is 9.58. The SMILES string of the molecule is CCC(=O)Nc1ncccc1Nc1cc(F)cc(F)c1. The number of nitrogens with one attached hydrogen (secondary N) is 2. The number of nitrogens with zero attached hydrogens (tertiary/aromatic N) is 1. The topological polar surface area (TPSA) is 54.0 Å². The normalized spacial score (nSPS) is 10.2. The third-order valence-electron chi connectivity index (χ3n) is 2.53. The summed E-state index contributed by atoms with van der Waals surface area (Å²) in [5, 5.41) is 5.44. The summed E-state index contributed by atoms with van der Waals surface area (Å²) >= 11 is 0. The summed E-state index contributed by atoms with van der Waals surface area (Å²) in [6, 6.07) is 6.40. The van der Waals surface area contributed by atoms with E-state index in [-0.39, 0.29) is 11.6 Å². The standard InChI is InChI=1S/C14H13F2N3O/c1-2-13(20)19-14-12(4-3-5-17-14)18-11-7-9(15)6-10(16)8-11/h3-8,18H,2H2,1H3,(H,17,19,20). The molecule has 104 valence electrons. The fourth-order valence-electron chi connectivity index (χ4n) is 1.61. The molecule has 1 heterocycles. The van der Waals surface area contributed by atoms with E-state index in [0.29, 0.717) is 17.9 Å². The summed E-state index contributed by atoms with van der Waals surface area (Å²) in [7, 11) is 0. The molecule has 0 aliphatic heterocycles. The van der Waals surface area contributed by atoms with Crippen LogP contribution in [0.1, 0.15) is 13.3 Å². The summed E-state index contributed by atoms with van der Waals surface area (Å²) < 4.78 is 26.3. The summed E-state index contributed by atoms with van der Waals surface area (Å²) in [5.41, 5.74) is 0.696. The highest BCUT2D eigenvalue weighted by atomic mass is 19.1. The Morgan fingerprint density at radius 1 is 1.25 bits per heavy atom. The fraction of sp³-hybridized carbons (Fsp3) is 0.143. The molecule has 1 aromatic carbocycles. The van der Waals surface area contributed by atoms with Gasteiger partial charge in [0.05, 0.1) is 5.69 Å². The lowest BCUT2D eigenvalue weighted by Gasteiger charge is -2.11. The first kappa shape index (κ1) is 13.9. The van der Waals surface area contributed by atoms with E-state index in [1.54, 1.807) is 19.1 Å². The van der Waals surface area contributed by atoms with E-state index >= 15 is 0 Å². The van der Waals surface area contributed by atoms with Gasteiger partial charge in [-0.3, -0.25) is 4.79 Å². The van der Waals surface area contributed by atoms with E-state index in [9.17, 15) is 13.6 Å². The zero-order chi connectivity index (χ0) is 14.5. The Labute approximate surface area is 114 Å². The minimum Gasteiger partial charge on any atom is -0.352 e. The van der Waals surface area contributed by atoms with Crippen molar-refractivity contribution in [2.75, 3.05) is 10.6 Å². The summed E-state index contributed by atoms with van der Waals surface area (Å²) in [4.78, 5) is 15.4. The average Bonchev–Trinajstić information content (AvgIpc) is 2.39. The lowest BCUT2D eigenvalue weighted by atomic mass is 10.2. The Balaban J connectivity index is 2.26. The van der Waals surface area contributed by atoms with Gasteiger partial charge in [-0.1, -0.05) is 6.92 Å². The molecule has 2 N–H and O–H groups in total. The first-order valence-corrected chi connectivity index (χ1v) is 6.06. The average molecular weight is 277 g/mol. The highest BCUT2D eigenvalue weighted by Crippen LogP contribution is 2.24. The van der Waals surface area contributed by atoms with Crippen LogP contribution < -0.4 is 10.6 Å². The predicted molar refractivity (Wildman–Crippen MR) is 72.8 cm³/mol. The van der Waals surface area contributed by atoms with Gasteiger partial charge < -0.3 is 10.6 Å². The molecule has 0 aliphatic carbocycles. The molecule has 6 heteroatoms. The number of amides is 1. The van der Waals surface area contributed by atoms with Crippen LogP contribution in [0.3, 0.4) is 0 Å². The number of hydrogen-bond donors (Lipinski definition) is 2. The molecule has 0 spiro atoms. The lowest BCUT2D eigenvalue weighted by molar-refractivity contribution is -0.115. The second-order valence-corrected chi connectivity index (χ2v) is 4.08. The second kappa shape index (κ2) is 6.10. The Morgan fingerprint density at radius 3 is 2.60 bits per heavy atom. The van der Waals surface area contributed by atoms with Crippen LogP contribution in [0.25, 0.3) is 0 Å². The van der Waals surface area contributed by atoms with Gasteiger partial charge in [0.25, 0.3) is 0 Å². The molecule has 2 aromatic rings. The van der Waals surface area contributed by atoms with Gasteiger partial charge in [0.2, 0.25) is 5.91 Å². The third kappa shape index (κ3) is 3.50. The maximum atomic E-state index is 13.1. The minimum absolute atomic E-state index is 0.197. The molecule has 0 saturated carbocycles. The molecule has 0 unspecified atom stereocenters. The molecule has 0 aliphatic rings. The van der Waals surface area contributed by atoms with Crippen LogP contribution in [0.2, 0.25) is 0 Å². The van der Waals surface area contributed by atoms with E-state index in [1.807, 2.05) is 0 Å². The van der Waals surface area contributed by atoms with E-state index < -0.39 is 11.6 Å². The van der Waals surface area contributed by atoms with Gasteiger partial charge in [-0.15, -0.1) is 0 Å². The smallest absolute Gasteiger partial charge is 0.225 e. The van der Waals surface area contributed by atoms with Crippen molar-refractivity contribution in [1.82, 2.24) is 4.98 Å². The van der Waals surface area contributed by atoms with E-state index in [1.165, 1.54) is 6.20 Å². The van der Waals surface area contributed by atoms with E-state index in [0.717, 1.165) is 18.2 Å². The molecule has 4 nitrogen and oxygen atoms in total. The molecule has 0 saturated heterocycles. The van der Waals surface area contributed by atoms with Crippen molar-refractivity contribution in [2.45, 2.75) is 13.3 Å². The van der Waals surface area contributed by atoms with Crippen molar-refractivity contribution in [1.29, 1.82) is 0 Å². The van der Waals surface area contributed by atoms with Crippen molar-refractivity contribution in [3.05, 3.63) is 48.2 Å². The van der Waals surface area contributed by atoms with Crippen molar-refractivity contribution in [3.8, 4) is 0 Å². The number of carbonyl (C=O) groups excluding carboxylic acids is 1. The highest BCUT2D eigenvalue weighted by Gasteiger charge is 2.08. The zero-order valence-electron chi connectivity index (χ0n) is 10.8. The molecule has 1 amide bonds. The maximum Gasteiger partial charge on any atom is 0.225 e. The summed E-state index contributed by atoms with van der Waals surface area (Å²) in [6.07, 6.45) is 1.83. The number of carbonyl (C=O) groups is 1. The number of halogens is 2. The molecule has 1 aromatic heterocycles. The predicted octanol–water partition coefficient (Wildman–Crippen LogP) is 3.45. The Kier molecular flexibility index (Phi) is 4.24. The van der Waals surface area contributed by atoms with Gasteiger partial charge in [-0.25, -0.2) is 13.8 Å². The third-order valence-corrected chi connectivity index (χ3v) is 2.53. The monoisotopic (exact) mass is 277 g/mol. The van der Waals surface area contributed by atoms with Gasteiger partial charge >= 0.3 is 0 Å². The first-order valence-electron chi connectivity index (χ1n) is 6.06. The van der Waals surface area contributed by atoms with Crippen molar-refractivity contribution in [3.63, 3.8) is 0 Å². The number of rotatable bonds is 4.